The highest BCUT2D eigenvalue weighted by Crippen LogP contribution is 2.24. The Morgan fingerprint density at radius 1 is 0.880 bits per heavy atom. The van der Waals surface area contributed by atoms with E-state index in [2.05, 4.69) is 0 Å². The fourth-order valence-corrected chi connectivity index (χ4v) is 2.87. The zero-order chi connectivity index (χ0) is 17.5. The van der Waals surface area contributed by atoms with E-state index in [1.54, 1.807) is 7.11 Å². The number of benzene rings is 2. The Labute approximate surface area is 148 Å². The molecule has 4 atom stereocenters. The van der Waals surface area contributed by atoms with Crippen LogP contribution in [-0.2, 0) is 32.2 Å². The topological polar surface area (TPSA) is 57.2 Å². The Bertz CT molecular complexity index is 618. The van der Waals surface area contributed by atoms with Gasteiger partial charge in [-0.15, -0.1) is 0 Å². The van der Waals surface area contributed by atoms with Crippen molar-refractivity contribution in [1.82, 2.24) is 0 Å². The van der Waals surface area contributed by atoms with E-state index in [1.807, 2.05) is 60.7 Å². The maximum atomic E-state index is 10.3. The zero-order valence-corrected chi connectivity index (χ0v) is 14.3. The van der Waals surface area contributed by atoms with Gasteiger partial charge in [-0.25, -0.2) is 0 Å². The molecule has 0 saturated carbocycles. The van der Waals surface area contributed by atoms with Gasteiger partial charge in [0.1, 0.15) is 18.3 Å². The van der Waals surface area contributed by atoms with E-state index in [9.17, 15) is 5.11 Å². The van der Waals surface area contributed by atoms with Crippen LogP contribution in [-0.4, -0.2) is 43.4 Å². The fourth-order valence-electron chi connectivity index (χ4n) is 2.87. The summed E-state index contributed by atoms with van der Waals surface area (Å²) in [6.07, 6.45) is -2.39. The summed E-state index contributed by atoms with van der Waals surface area (Å²) >= 11 is 0. The fraction of sp³-hybridized carbons (Fsp3) is 0.400. The molecule has 1 N–H and O–H groups in total. The Hall–Kier alpha value is -1.76. The van der Waals surface area contributed by atoms with Gasteiger partial charge in [-0.2, -0.15) is 0 Å². The summed E-state index contributed by atoms with van der Waals surface area (Å²) in [7, 11) is 1.56. The van der Waals surface area contributed by atoms with Crippen molar-refractivity contribution < 1.29 is 24.1 Å². The molecule has 0 unspecified atom stereocenters. The molecule has 5 nitrogen and oxygen atoms in total. The molecule has 1 aliphatic heterocycles. The van der Waals surface area contributed by atoms with Gasteiger partial charge in [0.05, 0.1) is 19.8 Å². The minimum Gasteiger partial charge on any atom is -0.388 e. The summed E-state index contributed by atoms with van der Waals surface area (Å²) in [4.78, 5) is 0. The van der Waals surface area contributed by atoms with Gasteiger partial charge in [-0.1, -0.05) is 60.7 Å². The Morgan fingerprint density at radius 2 is 1.40 bits per heavy atom. The second-order valence-corrected chi connectivity index (χ2v) is 6.03. The van der Waals surface area contributed by atoms with Crippen LogP contribution in [0.4, 0.5) is 0 Å². The van der Waals surface area contributed by atoms with E-state index in [4.69, 9.17) is 18.9 Å². The molecule has 2 aromatic rings. The molecule has 5 heteroatoms. The van der Waals surface area contributed by atoms with Crippen LogP contribution < -0.4 is 0 Å². The Kier molecular flexibility index (Phi) is 6.55. The lowest BCUT2D eigenvalue weighted by molar-refractivity contribution is -0.286. The van der Waals surface area contributed by atoms with Crippen molar-refractivity contribution in [2.24, 2.45) is 0 Å². The number of methoxy groups -OCH3 is 1. The highest BCUT2D eigenvalue weighted by Gasteiger charge is 2.41. The largest absolute Gasteiger partial charge is 0.388 e. The van der Waals surface area contributed by atoms with Crippen LogP contribution >= 0.6 is 0 Å². The predicted molar refractivity (Wildman–Crippen MR) is 92.8 cm³/mol. The lowest BCUT2D eigenvalue weighted by Crippen LogP contribution is -2.55. The van der Waals surface area contributed by atoms with Crippen molar-refractivity contribution in [3.05, 3.63) is 71.8 Å². The van der Waals surface area contributed by atoms with Crippen molar-refractivity contribution in [1.29, 1.82) is 0 Å². The summed E-state index contributed by atoms with van der Waals surface area (Å²) in [6, 6.07) is 19.7. The van der Waals surface area contributed by atoms with Gasteiger partial charge in [-0.05, 0) is 11.1 Å². The number of rotatable bonds is 7. The average Bonchev–Trinajstić information content (AvgIpc) is 2.67. The van der Waals surface area contributed by atoms with Crippen LogP contribution in [0.2, 0.25) is 0 Å². The smallest absolute Gasteiger partial charge is 0.186 e. The van der Waals surface area contributed by atoms with Crippen molar-refractivity contribution in [3.8, 4) is 0 Å². The molecule has 0 bridgehead atoms. The second kappa shape index (κ2) is 9.08. The first kappa shape index (κ1) is 18.0. The molecule has 0 aromatic heterocycles. The summed E-state index contributed by atoms with van der Waals surface area (Å²) in [6.45, 7) is 0.944. The average molecular weight is 344 g/mol. The number of hydrogen-bond acceptors (Lipinski definition) is 5. The van der Waals surface area contributed by atoms with Crippen molar-refractivity contribution >= 4 is 0 Å². The van der Waals surface area contributed by atoms with Gasteiger partial charge in [0.15, 0.2) is 6.29 Å². The van der Waals surface area contributed by atoms with Crippen molar-refractivity contribution in [3.63, 3.8) is 0 Å². The maximum Gasteiger partial charge on any atom is 0.186 e. The number of ether oxygens (including phenoxy) is 4. The monoisotopic (exact) mass is 344 g/mol. The highest BCUT2D eigenvalue weighted by atomic mass is 16.7. The third-order valence-electron chi connectivity index (χ3n) is 4.21. The molecule has 0 spiro atoms. The maximum absolute atomic E-state index is 10.3. The molecule has 1 saturated heterocycles. The van der Waals surface area contributed by atoms with Crippen LogP contribution in [0.5, 0.6) is 0 Å². The SMILES string of the molecule is CO[C@@H]1OC[C@@H](O)[C@@H](OCc2ccccc2)[C@@H]1OCc1ccccc1. The number of aliphatic hydroxyl groups excluding tert-OH is 1. The minimum atomic E-state index is -0.768. The molecule has 2 aromatic carbocycles. The molecule has 134 valence electrons. The van der Waals surface area contributed by atoms with E-state index in [-0.39, 0.29) is 6.61 Å². The van der Waals surface area contributed by atoms with Crippen LogP contribution in [0.1, 0.15) is 11.1 Å². The molecule has 1 heterocycles. The molecule has 0 radical (unpaired) electrons. The van der Waals surface area contributed by atoms with Gasteiger partial charge < -0.3 is 24.1 Å². The normalized spacial score (nSPS) is 26.5. The Morgan fingerprint density at radius 3 is 1.92 bits per heavy atom. The molecule has 25 heavy (non-hydrogen) atoms. The van der Waals surface area contributed by atoms with E-state index in [1.165, 1.54) is 0 Å². The quantitative estimate of drug-likeness (QED) is 0.836. The number of aliphatic hydroxyl groups is 1. The lowest BCUT2D eigenvalue weighted by atomic mass is 10.0. The van der Waals surface area contributed by atoms with Crippen LogP contribution in [0, 0.1) is 0 Å². The molecular weight excluding hydrogens is 320 g/mol. The highest BCUT2D eigenvalue weighted by molar-refractivity contribution is 5.14. The zero-order valence-electron chi connectivity index (χ0n) is 14.3. The van der Waals surface area contributed by atoms with Crippen molar-refractivity contribution in [2.45, 2.75) is 37.8 Å². The van der Waals surface area contributed by atoms with Gasteiger partial charge in [0.25, 0.3) is 0 Å². The molecule has 0 aliphatic carbocycles. The molecule has 1 fully saturated rings. The van der Waals surface area contributed by atoms with Gasteiger partial charge in [-0.3, -0.25) is 0 Å². The minimum absolute atomic E-state index is 0.156. The number of hydrogen-bond donors (Lipinski definition) is 1. The summed E-state index contributed by atoms with van der Waals surface area (Å²) in [5, 5.41) is 10.3. The first-order chi connectivity index (χ1) is 12.3. The van der Waals surface area contributed by atoms with Gasteiger partial charge >= 0.3 is 0 Å². The summed E-state index contributed by atoms with van der Waals surface area (Å²) < 4.78 is 22.9. The second-order valence-electron chi connectivity index (χ2n) is 6.03. The molecule has 1 aliphatic rings. The third kappa shape index (κ3) is 4.87. The van der Waals surface area contributed by atoms with E-state index in [0.717, 1.165) is 11.1 Å². The van der Waals surface area contributed by atoms with E-state index < -0.39 is 24.6 Å². The van der Waals surface area contributed by atoms with Crippen LogP contribution in [0.15, 0.2) is 60.7 Å². The van der Waals surface area contributed by atoms with Crippen molar-refractivity contribution in [2.75, 3.05) is 13.7 Å². The standard InChI is InChI=1S/C20H24O5/c1-22-20-19(24-13-16-10-6-3-7-11-16)18(17(21)14-25-20)23-12-15-8-4-2-5-9-15/h2-11,17-21H,12-14H2,1H3/t17-,18-,19+,20-/m1/s1. The Balaban J connectivity index is 1.67. The van der Waals surface area contributed by atoms with Crippen LogP contribution in [0.25, 0.3) is 0 Å². The third-order valence-corrected chi connectivity index (χ3v) is 4.21. The summed E-state index contributed by atoms with van der Waals surface area (Å²) in [5.74, 6) is 0. The van der Waals surface area contributed by atoms with E-state index >= 15 is 0 Å². The van der Waals surface area contributed by atoms with Crippen LogP contribution in [0.3, 0.4) is 0 Å². The van der Waals surface area contributed by atoms with Gasteiger partial charge in [0, 0.05) is 7.11 Å². The molecule has 0 amide bonds. The van der Waals surface area contributed by atoms with E-state index in [0.29, 0.717) is 13.2 Å². The first-order valence-corrected chi connectivity index (χ1v) is 8.41. The van der Waals surface area contributed by atoms with Gasteiger partial charge in [0.2, 0.25) is 0 Å². The summed E-state index contributed by atoms with van der Waals surface area (Å²) in [5.41, 5.74) is 2.08. The lowest BCUT2D eigenvalue weighted by Gasteiger charge is -2.39. The molecule has 3 rings (SSSR count). The predicted octanol–water partition coefficient (Wildman–Crippen LogP) is 2.52. The first-order valence-electron chi connectivity index (χ1n) is 8.41. The molecular formula is C20H24O5.